The average molecular weight is 252 g/mol. The van der Waals surface area contributed by atoms with Gasteiger partial charge in [0, 0.05) is 6.92 Å². The number of aliphatic carboxylic acids is 1. The van der Waals surface area contributed by atoms with E-state index >= 15 is 0 Å². The van der Waals surface area contributed by atoms with Crippen molar-refractivity contribution in [2.45, 2.75) is 72.9 Å². The third-order valence-electron chi connectivity index (χ3n) is 1.09. The molecule has 0 rings (SSSR count). The van der Waals surface area contributed by atoms with Crippen LogP contribution in [0.5, 0.6) is 0 Å². The van der Waals surface area contributed by atoms with Crippen LogP contribution in [0.3, 0.4) is 0 Å². The van der Waals surface area contributed by atoms with Crippen LogP contribution in [0.15, 0.2) is 0 Å². The topological polar surface area (TPSA) is 87.0 Å². The van der Waals surface area contributed by atoms with Gasteiger partial charge in [0.15, 0.2) is 6.29 Å². The Labute approximate surface area is 104 Å². The van der Waals surface area contributed by atoms with Crippen molar-refractivity contribution in [3.05, 3.63) is 0 Å². The number of carboxylic acids is 1. The van der Waals surface area contributed by atoms with Gasteiger partial charge in [-0.2, -0.15) is 0 Å². The van der Waals surface area contributed by atoms with E-state index in [9.17, 15) is 0 Å². The zero-order valence-electron chi connectivity index (χ0n) is 11.8. The van der Waals surface area contributed by atoms with E-state index in [-0.39, 0.29) is 0 Å². The predicted molar refractivity (Wildman–Crippen MR) is 67.8 cm³/mol. The minimum Gasteiger partial charge on any atom is -0.481 e. The Kier molecular flexibility index (Phi) is 19.5. The first-order valence-electron chi connectivity index (χ1n) is 5.84. The molecule has 0 aromatic heterocycles. The van der Waals surface area contributed by atoms with Crippen molar-refractivity contribution < 1.29 is 24.9 Å². The lowest BCUT2D eigenvalue weighted by Crippen LogP contribution is -2.09. The summed E-state index contributed by atoms with van der Waals surface area (Å²) in [6, 6.07) is 0. The third-order valence-corrected chi connectivity index (χ3v) is 1.09. The van der Waals surface area contributed by atoms with Crippen molar-refractivity contribution in [3.63, 3.8) is 0 Å². The molecule has 5 heteroatoms. The first kappa shape index (κ1) is 21.6. The van der Waals surface area contributed by atoms with Crippen LogP contribution in [0.25, 0.3) is 0 Å². The van der Waals surface area contributed by atoms with Gasteiger partial charge in [0.25, 0.3) is 5.97 Å². The predicted octanol–water partition coefficient (Wildman–Crippen LogP) is 2.01. The maximum atomic E-state index is 9.00. The molecule has 0 bridgehead atoms. The van der Waals surface area contributed by atoms with Crippen molar-refractivity contribution >= 4 is 5.97 Å². The van der Waals surface area contributed by atoms with Gasteiger partial charge < -0.3 is 20.1 Å². The lowest BCUT2D eigenvalue weighted by atomic mass is 10.3. The molecule has 0 aliphatic rings. The van der Waals surface area contributed by atoms with Gasteiger partial charge in [0.05, 0.1) is 12.2 Å². The molecule has 0 aromatic carbocycles. The second-order valence-corrected chi connectivity index (χ2v) is 4.02. The lowest BCUT2D eigenvalue weighted by Gasteiger charge is -2.09. The van der Waals surface area contributed by atoms with Crippen LogP contribution in [-0.4, -0.2) is 39.8 Å². The Morgan fingerprint density at radius 2 is 1.41 bits per heavy atom. The second kappa shape index (κ2) is 15.4. The molecular formula is C12H28O5. The number of hydrogen-bond acceptors (Lipinski definition) is 4. The van der Waals surface area contributed by atoms with Gasteiger partial charge >= 0.3 is 0 Å². The Balaban J connectivity index is -0.000000180. The molecule has 0 amide bonds. The number of aliphatic hydroxyl groups excluding tert-OH is 1. The summed E-state index contributed by atoms with van der Waals surface area (Å²) >= 11 is 0. The van der Waals surface area contributed by atoms with E-state index in [0.717, 1.165) is 13.3 Å². The van der Waals surface area contributed by atoms with E-state index in [1.165, 1.54) is 0 Å². The fraction of sp³-hybridized carbons (Fsp3) is 0.917. The van der Waals surface area contributed by atoms with Crippen LogP contribution in [0.1, 0.15) is 54.4 Å². The molecule has 0 radical (unpaired) electrons. The van der Waals surface area contributed by atoms with Crippen molar-refractivity contribution in [2.24, 2.45) is 0 Å². The summed E-state index contributed by atoms with van der Waals surface area (Å²) in [5, 5.41) is 23.6. The van der Waals surface area contributed by atoms with Crippen molar-refractivity contribution in [2.75, 3.05) is 0 Å². The van der Waals surface area contributed by atoms with E-state index < -0.39 is 12.3 Å². The second-order valence-electron chi connectivity index (χ2n) is 4.02. The van der Waals surface area contributed by atoms with Crippen molar-refractivity contribution in [3.8, 4) is 0 Å². The van der Waals surface area contributed by atoms with Crippen LogP contribution in [0.4, 0.5) is 0 Å². The van der Waals surface area contributed by atoms with E-state index in [0.29, 0.717) is 18.6 Å². The summed E-state index contributed by atoms with van der Waals surface area (Å²) in [7, 11) is 0. The first-order valence-corrected chi connectivity index (χ1v) is 5.84. The minimum absolute atomic E-state index is 0.375. The molecule has 17 heavy (non-hydrogen) atoms. The zero-order valence-corrected chi connectivity index (χ0v) is 11.8. The quantitative estimate of drug-likeness (QED) is 0.666. The van der Waals surface area contributed by atoms with Gasteiger partial charge in [-0.25, -0.2) is 0 Å². The standard InChI is InChI=1S/C6H14O.C4H10O2.C2H4O2/c1-5(2)7-6(3)4;1-2-3-4(5)6;1-2(3)4/h5-6H,1-4H3;4-6H,2-3H2,1H3;1H3,(H,3,4). The van der Waals surface area contributed by atoms with Gasteiger partial charge in [-0.1, -0.05) is 13.3 Å². The average Bonchev–Trinajstić information content (AvgIpc) is 1.99. The lowest BCUT2D eigenvalue weighted by molar-refractivity contribution is -0.134. The molecule has 3 N–H and O–H groups in total. The number of ether oxygens (including phenoxy) is 1. The molecule has 0 saturated carbocycles. The van der Waals surface area contributed by atoms with E-state index in [1.54, 1.807) is 0 Å². The smallest absolute Gasteiger partial charge is 0.300 e. The Bertz CT molecular complexity index is 145. The normalized spacial score (nSPS) is 9.59. The van der Waals surface area contributed by atoms with Crippen LogP contribution in [-0.2, 0) is 9.53 Å². The van der Waals surface area contributed by atoms with Crippen LogP contribution in [0.2, 0.25) is 0 Å². The molecule has 0 fully saturated rings. The summed E-state index contributed by atoms with van der Waals surface area (Å²) in [5.74, 6) is -0.833. The summed E-state index contributed by atoms with van der Waals surface area (Å²) in [4.78, 5) is 9.00. The molecule has 5 nitrogen and oxygen atoms in total. The monoisotopic (exact) mass is 252 g/mol. The van der Waals surface area contributed by atoms with Crippen molar-refractivity contribution in [1.29, 1.82) is 0 Å². The molecule has 0 saturated heterocycles. The highest BCUT2D eigenvalue weighted by Gasteiger charge is 1.94. The number of carboxylic acid groups (broad SMARTS) is 1. The molecule has 0 aromatic rings. The summed E-state index contributed by atoms with van der Waals surface area (Å²) < 4.78 is 5.25. The summed E-state index contributed by atoms with van der Waals surface area (Å²) in [6.45, 7) is 11.2. The molecule has 0 spiro atoms. The largest absolute Gasteiger partial charge is 0.481 e. The number of carbonyl (C=O) groups is 1. The van der Waals surface area contributed by atoms with Crippen LogP contribution >= 0.6 is 0 Å². The van der Waals surface area contributed by atoms with Crippen LogP contribution in [0, 0.1) is 0 Å². The zero-order chi connectivity index (χ0) is 14.4. The molecule has 0 atom stereocenters. The molecule has 0 aliphatic carbocycles. The van der Waals surface area contributed by atoms with Crippen LogP contribution < -0.4 is 0 Å². The highest BCUT2D eigenvalue weighted by atomic mass is 16.5. The Morgan fingerprint density at radius 1 is 1.12 bits per heavy atom. The van der Waals surface area contributed by atoms with Gasteiger partial charge in [-0.15, -0.1) is 0 Å². The first-order chi connectivity index (χ1) is 7.63. The number of aliphatic hydroxyl groups is 2. The molecule has 0 aliphatic heterocycles. The third kappa shape index (κ3) is 67.8. The van der Waals surface area contributed by atoms with E-state index in [2.05, 4.69) is 0 Å². The molecular weight excluding hydrogens is 224 g/mol. The molecule has 0 unspecified atom stereocenters. The van der Waals surface area contributed by atoms with Gasteiger partial charge in [0.2, 0.25) is 0 Å². The summed E-state index contributed by atoms with van der Waals surface area (Å²) in [5.41, 5.74) is 0. The maximum Gasteiger partial charge on any atom is 0.300 e. The fourth-order valence-corrected chi connectivity index (χ4v) is 0.803. The SMILES string of the molecule is CC(=O)O.CC(C)OC(C)C.CCCC(O)O. The van der Waals surface area contributed by atoms with E-state index in [4.69, 9.17) is 24.9 Å². The molecule has 106 valence electrons. The number of rotatable bonds is 4. The highest BCUT2D eigenvalue weighted by molar-refractivity contribution is 5.62. The van der Waals surface area contributed by atoms with Gasteiger partial charge in [0.1, 0.15) is 0 Å². The van der Waals surface area contributed by atoms with E-state index in [1.807, 2.05) is 34.6 Å². The van der Waals surface area contributed by atoms with Gasteiger partial charge in [-0.05, 0) is 34.1 Å². The number of hydrogen-bond donors (Lipinski definition) is 3. The summed E-state index contributed by atoms with van der Waals surface area (Å²) in [6.07, 6.45) is 0.965. The maximum absolute atomic E-state index is 9.00. The minimum atomic E-state index is -1.10. The van der Waals surface area contributed by atoms with Gasteiger partial charge in [-0.3, -0.25) is 4.79 Å². The van der Waals surface area contributed by atoms with Crippen molar-refractivity contribution in [1.82, 2.24) is 0 Å². The Morgan fingerprint density at radius 3 is 1.41 bits per heavy atom. The molecule has 0 heterocycles. The Hall–Kier alpha value is -0.650. The fourth-order valence-electron chi connectivity index (χ4n) is 0.803. The highest BCUT2D eigenvalue weighted by Crippen LogP contribution is 1.93.